The highest BCUT2D eigenvalue weighted by molar-refractivity contribution is 8.16. The fourth-order valence-corrected chi connectivity index (χ4v) is 5.10. The number of hydrogen-bond donors (Lipinski definition) is 1. The number of allylic oxidation sites excluding steroid dienone is 1. The van der Waals surface area contributed by atoms with Crippen molar-refractivity contribution in [3.8, 4) is 0 Å². The van der Waals surface area contributed by atoms with Gasteiger partial charge in [-0.2, -0.15) is 0 Å². The lowest BCUT2D eigenvalue weighted by Crippen LogP contribution is -2.45. The predicted molar refractivity (Wildman–Crippen MR) is 104 cm³/mol. The number of hydrogen-bond acceptors (Lipinski definition) is 7. The minimum absolute atomic E-state index is 0.0395. The van der Waals surface area contributed by atoms with Gasteiger partial charge in [0.15, 0.2) is 0 Å². The molecule has 1 saturated heterocycles. The van der Waals surface area contributed by atoms with Crippen LogP contribution in [-0.2, 0) is 26.2 Å². The van der Waals surface area contributed by atoms with Crippen LogP contribution < -0.4 is 0 Å². The van der Waals surface area contributed by atoms with E-state index >= 15 is 0 Å². The third-order valence-corrected chi connectivity index (χ3v) is 7.09. The molecule has 3 rings (SSSR count). The lowest BCUT2D eigenvalue weighted by molar-refractivity contribution is -0.119. The van der Waals surface area contributed by atoms with Crippen LogP contribution in [-0.4, -0.2) is 46.8 Å². The van der Waals surface area contributed by atoms with Crippen molar-refractivity contribution in [2.75, 3.05) is 12.3 Å². The number of amides is 1. The normalized spacial score (nSPS) is 24.9. The van der Waals surface area contributed by atoms with Crippen LogP contribution in [0, 0.1) is 0 Å². The van der Waals surface area contributed by atoms with Gasteiger partial charge in [-0.3, -0.25) is 4.79 Å². The second-order valence-corrected chi connectivity index (χ2v) is 9.31. The van der Waals surface area contributed by atoms with Gasteiger partial charge >= 0.3 is 0 Å². The minimum Gasteiger partial charge on any atom is -0.410 e. The average molecular weight is 409 g/mol. The first kappa shape index (κ1) is 19.7. The minimum atomic E-state index is -4.00. The molecule has 1 aliphatic carbocycles. The van der Waals surface area contributed by atoms with Crippen molar-refractivity contribution in [1.82, 2.24) is 4.31 Å². The van der Waals surface area contributed by atoms with E-state index in [1.807, 2.05) is 37.3 Å². The van der Waals surface area contributed by atoms with Crippen molar-refractivity contribution in [3.05, 3.63) is 59.0 Å². The molecule has 0 radical (unpaired) electrons. The SMILES string of the molecule is CC1(OCc2ccccc2)C=CC(S(=O)(=O)N2CCSC(=NO)C2=O)=CC1. The third-order valence-electron chi connectivity index (χ3n) is 4.34. The Hall–Kier alpha value is -2.10. The summed E-state index contributed by atoms with van der Waals surface area (Å²) < 4.78 is 32.3. The summed E-state index contributed by atoms with van der Waals surface area (Å²) in [5.41, 5.74) is 0.399. The maximum absolute atomic E-state index is 12.8. The molecule has 1 N–H and O–H groups in total. The zero-order chi connectivity index (χ0) is 19.5. The van der Waals surface area contributed by atoms with E-state index in [9.17, 15) is 13.2 Å². The largest absolute Gasteiger partial charge is 0.410 e. The van der Waals surface area contributed by atoms with E-state index in [4.69, 9.17) is 9.94 Å². The number of carbonyl (C=O) groups is 1. The summed E-state index contributed by atoms with van der Waals surface area (Å²) in [4.78, 5) is 12.2. The van der Waals surface area contributed by atoms with Gasteiger partial charge in [0.05, 0.1) is 17.1 Å². The molecular formula is C18H20N2O5S2. The maximum Gasteiger partial charge on any atom is 0.296 e. The number of thioether (sulfide) groups is 1. The number of rotatable bonds is 5. The van der Waals surface area contributed by atoms with Gasteiger partial charge in [-0.15, -0.1) is 0 Å². The van der Waals surface area contributed by atoms with Gasteiger partial charge < -0.3 is 9.94 Å². The molecule has 2 aliphatic rings. The highest BCUT2D eigenvalue weighted by Crippen LogP contribution is 2.30. The van der Waals surface area contributed by atoms with E-state index in [-0.39, 0.29) is 16.5 Å². The zero-order valence-electron chi connectivity index (χ0n) is 14.7. The quantitative estimate of drug-likeness (QED) is 0.594. The Bertz CT molecular complexity index is 909. The molecule has 1 aliphatic heterocycles. The summed E-state index contributed by atoms with van der Waals surface area (Å²) in [5, 5.41) is 11.5. The molecular weight excluding hydrogens is 388 g/mol. The van der Waals surface area contributed by atoms with Gasteiger partial charge in [-0.1, -0.05) is 59.4 Å². The lowest BCUT2D eigenvalue weighted by atomic mass is 9.97. The Morgan fingerprint density at radius 2 is 2.07 bits per heavy atom. The summed E-state index contributed by atoms with van der Waals surface area (Å²) in [7, 11) is -4.00. The van der Waals surface area contributed by atoms with Crippen molar-refractivity contribution in [2.24, 2.45) is 5.16 Å². The molecule has 0 bridgehead atoms. The topological polar surface area (TPSA) is 96.3 Å². The van der Waals surface area contributed by atoms with Gasteiger partial charge in [0.2, 0.25) is 5.04 Å². The highest BCUT2D eigenvalue weighted by Gasteiger charge is 2.38. The second-order valence-electron chi connectivity index (χ2n) is 6.37. The fraction of sp³-hybridized carbons (Fsp3) is 0.333. The third kappa shape index (κ3) is 4.26. The maximum atomic E-state index is 12.8. The van der Waals surface area contributed by atoms with Crippen molar-refractivity contribution in [2.45, 2.75) is 25.6 Å². The van der Waals surface area contributed by atoms with Crippen LogP contribution in [0.4, 0.5) is 0 Å². The molecule has 1 fully saturated rings. The molecule has 0 aromatic heterocycles. The lowest BCUT2D eigenvalue weighted by Gasteiger charge is -2.31. The van der Waals surface area contributed by atoms with Crippen molar-refractivity contribution in [3.63, 3.8) is 0 Å². The number of benzene rings is 1. The number of sulfonamides is 1. The first-order valence-corrected chi connectivity index (χ1v) is 10.8. The van der Waals surface area contributed by atoms with Crippen LogP contribution in [0.3, 0.4) is 0 Å². The Morgan fingerprint density at radius 1 is 1.33 bits per heavy atom. The van der Waals surface area contributed by atoms with Crippen LogP contribution in [0.2, 0.25) is 0 Å². The molecule has 27 heavy (non-hydrogen) atoms. The van der Waals surface area contributed by atoms with E-state index in [0.717, 1.165) is 21.6 Å². The number of carbonyl (C=O) groups excluding carboxylic acids is 1. The molecule has 0 saturated carbocycles. The number of oxime groups is 1. The van der Waals surface area contributed by atoms with Crippen molar-refractivity contribution in [1.29, 1.82) is 0 Å². The van der Waals surface area contributed by atoms with Crippen LogP contribution >= 0.6 is 11.8 Å². The molecule has 1 heterocycles. The van der Waals surface area contributed by atoms with Gasteiger partial charge in [0.1, 0.15) is 0 Å². The summed E-state index contributed by atoms with van der Waals surface area (Å²) in [6.45, 7) is 2.33. The van der Waals surface area contributed by atoms with Crippen LogP contribution in [0.1, 0.15) is 18.9 Å². The first-order chi connectivity index (χ1) is 12.9. The Labute approximate surface area is 162 Å². The molecule has 1 aromatic carbocycles. The van der Waals surface area contributed by atoms with Gasteiger partial charge in [0.25, 0.3) is 15.9 Å². The smallest absolute Gasteiger partial charge is 0.296 e. The predicted octanol–water partition coefficient (Wildman–Crippen LogP) is 2.50. The molecule has 1 amide bonds. The monoisotopic (exact) mass is 408 g/mol. The van der Waals surface area contributed by atoms with Gasteiger partial charge in [-0.05, 0) is 25.0 Å². The molecule has 9 heteroatoms. The summed E-state index contributed by atoms with van der Waals surface area (Å²) >= 11 is 1.03. The fourth-order valence-electron chi connectivity index (χ4n) is 2.74. The Kier molecular flexibility index (Phi) is 5.73. The van der Waals surface area contributed by atoms with E-state index in [1.54, 1.807) is 12.2 Å². The zero-order valence-corrected chi connectivity index (χ0v) is 16.4. The molecule has 1 atom stereocenters. The number of ether oxygens (including phenoxy) is 1. The summed E-state index contributed by atoms with van der Waals surface area (Å²) in [5.74, 6) is -0.462. The Balaban J connectivity index is 1.70. The molecule has 1 unspecified atom stereocenters. The van der Waals surface area contributed by atoms with E-state index < -0.39 is 21.5 Å². The Morgan fingerprint density at radius 3 is 2.70 bits per heavy atom. The molecule has 144 valence electrons. The number of nitrogens with zero attached hydrogens (tertiary/aromatic N) is 2. The van der Waals surface area contributed by atoms with Crippen molar-refractivity contribution < 1.29 is 23.2 Å². The highest BCUT2D eigenvalue weighted by atomic mass is 32.2. The van der Waals surface area contributed by atoms with E-state index in [2.05, 4.69) is 5.16 Å². The van der Waals surface area contributed by atoms with Gasteiger partial charge in [0, 0.05) is 12.3 Å². The standard InChI is InChI=1S/C18H20N2O5S2/c1-18(25-13-14-5-3-2-4-6-14)9-7-15(8-10-18)27(23,24)20-11-12-26-16(19-22)17(20)21/h2-9,22H,10-13H2,1H3. The average Bonchev–Trinajstić information content (AvgIpc) is 2.68. The van der Waals surface area contributed by atoms with Gasteiger partial charge in [-0.25, -0.2) is 12.7 Å². The second kappa shape index (κ2) is 7.87. The van der Waals surface area contributed by atoms with E-state index in [1.165, 1.54) is 6.08 Å². The van der Waals surface area contributed by atoms with Crippen molar-refractivity contribution >= 4 is 32.7 Å². The van der Waals surface area contributed by atoms with Crippen LogP contribution in [0.25, 0.3) is 0 Å². The first-order valence-electron chi connectivity index (χ1n) is 8.35. The summed E-state index contributed by atoms with van der Waals surface area (Å²) in [6, 6.07) is 9.71. The van der Waals surface area contributed by atoms with E-state index in [0.29, 0.717) is 18.8 Å². The molecule has 0 spiro atoms. The van der Waals surface area contributed by atoms with Crippen LogP contribution in [0.15, 0.2) is 58.6 Å². The van der Waals surface area contributed by atoms with Crippen LogP contribution in [0.5, 0.6) is 0 Å². The molecule has 7 nitrogen and oxygen atoms in total. The summed E-state index contributed by atoms with van der Waals surface area (Å²) in [6.07, 6.45) is 5.09. The molecule has 1 aromatic rings.